The molecule has 0 aliphatic carbocycles. The molecule has 5 heteroatoms. The summed E-state index contributed by atoms with van der Waals surface area (Å²) in [6.07, 6.45) is 0. The highest BCUT2D eigenvalue weighted by molar-refractivity contribution is 14.2. The third-order valence-electron chi connectivity index (χ3n) is 1.13. The molecule has 42 valence electrons. The number of hydrogen-bond acceptors (Lipinski definition) is 3. The van der Waals surface area contributed by atoms with Gasteiger partial charge in [-0.2, -0.15) is 0 Å². The zero-order chi connectivity index (χ0) is 5.36. The van der Waals surface area contributed by atoms with E-state index < -0.39 is 4.30 Å². The molecule has 0 aromatic rings. The Balaban J connectivity index is 2.62. The van der Waals surface area contributed by atoms with E-state index in [4.69, 9.17) is 0 Å². The number of hydrogen-bond donors (Lipinski definition) is 0. The van der Waals surface area contributed by atoms with Crippen molar-refractivity contribution >= 4 is 47.1 Å². The molecule has 0 amide bonds. The SMILES string of the molecule is CC12SS1(=O)(I)S2. The molecule has 0 N–H and O–H groups in total. The van der Waals surface area contributed by atoms with Crippen LogP contribution in [-0.2, 0) is 4.30 Å². The minimum absolute atomic E-state index is 0.164. The van der Waals surface area contributed by atoms with E-state index in [-0.39, 0.29) is 3.41 Å². The van der Waals surface area contributed by atoms with Crippen molar-refractivity contribution in [2.24, 2.45) is 0 Å². The molecule has 2 aliphatic rings. The van der Waals surface area contributed by atoms with Crippen LogP contribution in [0.5, 0.6) is 0 Å². The Kier molecular flexibility index (Phi) is 0.657. The highest BCUT2D eigenvalue weighted by atomic mass is 127. The Labute approximate surface area is 61.2 Å². The van der Waals surface area contributed by atoms with Gasteiger partial charge in [0.2, 0.25) is 0 Å². The molecule has 0 spiro atoms. The van der Waals surface area contributed by atoms with Crippen molar-refractivity contribution in [3.05, 3.63) is 0 Å². The zero-order valence-electron chi connectivity index (χ0n) is 3.51. The van der Waals surface area contributed by atoms with Crippen LogP contribution in [0.15, 0.2) is 0 Å². The summed E-state index contributed by atoms with van der Waals surface area (Å²) in [5.74, 6) is 0. The van der Waals surface area contributed by atoms with Gasteiger partial charge in [0.25, 0.3) is 0 Å². The average molecular weight is 266 g/mol. The van der Waals surface area contributed by atoms with Crippen molar-refractivity contribution in [3.8, 4) is 0 Å². The molecule has 0 radical (unpaired) electrons. The molecule has 0 aromatic heterocycles. The van der Waals surface area contributed by atoms with Crippen molar-refractivity contribution in [1.82, 2.24) is 0 Å². The maximum atomic E-state index is 11.2. The third kappa shape index (κ3) is 0.424. The maximum absolute atomic E-state index is 11.2. The summed E-state index contributed by atoms with van der Waals surface area (Å²) < 4.78 is 9.37. The Morgan fingerprint density at radius 1 is 1.71 bits per heavy atom. The van der Waals surface area contributed by atoms with E-state index in [0.29, 0.717) is 0 Å². The first-order valence-electron chi connectivity index (χ1n) is 1.77. The minimum atomic E-state index is -2.00. The van der Waals surface area contributed by atoms with E-state index >= 15 is 0 Å². The maximum Gasteiger partial charge on any atom is 0.163 e. The van der Waals surface area contributed by atoms with Crippen LogP contribution in [0.2, 0.25) is 0 Å². The molecule has 0 atom stereocenters. The Bertz CT molecular complexity index is 199. The quantitative estimate of drug-likeness (QED) is 0.289. The molecule has 2 heterocycles. The summed E-state index contributed by atoms with van der Waals surface area (Å²) >= 11 is 2.09. The minimum Gasteiger partial charge on any atom is -0.250 e. The monoisotopic (exact) mass is 266 g/mol. The van der Waals surface area contributed by atoms with E-state index in [1.807, 2.05) is 6.92 Å². The molecule has 1 nitrogen and oxygen atoms in total. The van der Waals surface area contributed by atoms with Crippen LogP contribution in [0.4, 0.5) is 0 Å². The summed E-state index contributed by atoms with van der Waals surface area (Å²) in [7, 11) is 3.26. The third-order valence-corrected chi connectivity index (χ3v) is 20.6. The zero-order valence-corrected chi connectivity index (χ0v) is 8.12. The van der Waals surface area contributed by atoms with E-state index in [0.717, 1.165) is 0 Å². The van der Waals surface area contributed by atoms with Gasteiger partial charge in [0.05, 0.1) is 4.30 Å². The summed E-state index contributed by atoms with van der Waals surface area (Å²) in [6.45, 7) is 2.05. The van der Waals surface area contributed by atoms with E-state index in [1.165, 1.54) is 0 Å². The number of halogens is 1. The van der Waals surface area contributed by atoms with Crippen molar-refractivity contribution in [3.63, 3.8) is 0 Å². The van der Waals surface area contributed by atoms with Crippen molar-refractivity contribution < 1.29 is 4.21 Å². The highest BCUT2D eigenvalue weighted by Gasteiger charge is 2.90. The fourth-order valence-electron chi connectivity index (χ4n) is 0.485. The first-order chi connectivity index (χ1) is 2.96. The summed E-state index contributed by atoms with van der Waals surface area (Å²) in [4.78, 5) is 0. The lowest BCUT2D eigenvalue weighted by Crippen LogP contribution is -1.74. The fourth-order valence-corrected chi connectivity index (χ4v) is 21.9. The van der Waals surface area contributed by atoms with E-state index in [9.17, 15) is 4.21 Å². The first-order valence-corrected chi connectivity index (χ1v) is 8.94. The molecule has 0 saturated carbocycles. The lowest BCUT2D eigenvalue weighted by molar-refractivity contribution is 0.693. The molecule has 2 aliphatic heterocycles. The van der Waals surface area contributed by atoms with Crippen LogP contribution in [0.25, 0.3) is 0 Å². The van der Waals surface area contributed by atoms with E-state index in [2.05, 4.69) is 21.2 Å². The van der Waals surface area contributed by atoms with Crippen LogP contribution in [0, 0.1) is 0 Å². The number of rotatable bonds is 0. The van der Waals surface area contributed by atoms with Crippen LogP contribution in [0.3, 0.4) is 0 Å². The molecule has 0 bridgehead atoms. The molecule has 2 rings (SSSR count). The van der Waals surface area contributed by atoms with Gasteiger partial charge in [0.15, 0.2) is 3.41 Å². The molecule has 0 aromatic carbocycles. The standard InChI is InChI=1S/C2H3IOS3/c1-2-5-7(2,3,4)6-2/h1H3. The molecular weight excluding hydrogens is 263 g/mol. The summed E-state index contributed by atoms with van der Waals surface area (Å²) in [6, 6.07) is 0. The average Bonchev–Trinajstić information content (AvgIpc) is 1.73. The van der Waals surface area contributed by atoms with Gasteiger partial charge in [-0.1, -0.05) is 0 Å². The van der Waals surface area contributed by atoms with Gasteiger partial charge in [-0.3, -0.25) is 4.21 Å². The van der Waals surface area contributed by atoms with Crippen molar-refractivity contribution in [2.75, 3.05) is 0 Å². The highest BCUT2D eigenvalue weighted by Crippen LogP contribution is 3.05. The lowest BCUT2D eigenvalue weighted by Gasteiger charge is -1.87. The molecule has 7 heavy (non-hydrogen) atoms. The van der Waals surface area contributed by atoms with Gasteiger partial charge in [0, 0.05) is 21.2 Å². The Morgan fingerprint density at radius 2 is 1.86 bits per heavy atom. The molecule has 2 saturated heterocycles. The molecule has 2 fully saturated rings. The van der Waals surface area contributed by atoms with Gasteiger partial charge in [-0.25, -0.2) is 0 Å². The predicted octanol–water partition coefficient (Wildman–Crippen LogP) is 2.15. The largest absolute Gasteiger partial charge is 0.250 e. The molecular formula is C2H3IOS3. The van der Waals surface area contributed by atoms with Gasteiger partial charge in [0.1, 0.15) is 0 Å². The smallest absolute Gasteiger partial charge is 0.163 e. The predicted molar refractivity (Wildman–Crippen MR) is 45.7 cm³/mol. The van der Waals surface area contributed by atoms with Crippen molar-refractivity contribution in [2.45, 2.75) is 10.3 Å². The van der Waals surface area contributed by atoms with Crippen LogP contribution < -0.4 is 0 Å². The van der Waals surface area contributed by atoms with Gasteiger partial charge >= 0.3 is 0 Å². The van der Waals surface area contributed by atoms with Gasteiger partial charge < -0.3 is 0 Å². The van der Waals surface area contributed by atoms with Crippen LogP contribution in [-0.4, -0.2) is 7.62 Å². The number of fused-ring (bicyclic) bond motifs is 1. The van der Waals surface area contributed by atoms with Crippen LogP contribution in [0.1, 0.15) is 6.92 Å². The second kappa shape index (κ2) is 0.856. The Morgan fingerprint density at radius 3 is 1.86 bits per heavy atom. The van der Waals surface area contributed by atoms with Crippen molar-refractivity contribution in [1.29, 1.82) is 0 Å². The fraction of sp³-hybridized carbons (Fsp3) is 1.00. The normalized spacial score (nSPS) is 64.0. The van der Waals surface area contributed by atoms with Crippen LogP contribution >= 0.6 is 42.8 Å². The summed E-state index contributed by atoms with van der Waals surface area (Å²) in [5, 5.41) is 0. The second-order valence-electron chi connectivity index (χ2n) is 1.75. The Hall–Kier alpha value is 1.58. The first kappa shape index (κ1) is 5.37. The topological polar surface area (TPSA) is 17.1 Å². The lowest BCUT2D eigenvalue weighted by atomic mass is 10.9. The molecule has 0 unspecified atom stereocenters. The van der Waals surface area contributed by atoms with Gasteiger partial charge in [-0.15, -0.1) is 0 Å². The summed E-state index contributed by atoms with van der Waals surface area (Å²) in [5.41, 5.74) is 0. The second-order valence-corrected chi connectivity index (χ2v) is 20.8. The van der Waals surface area contributed by atoms with E-state index in [1.54, 1.807) is 21.6 Å². The van der Waals surface area contributed by atoms with Gasteiger partial charge in [-0.05, 0) is 28.5 Å².